The van der Waals surface area contributed by atoms with E-state index in [9.17, 15) is 0 Å². The molecule has 0 radical (unpaired) electrons. The van der Waals surface area contributed by atoms with Gasteiger partial charge < -0.3 is 20.0 Å². The molecule has 7 heteroatoms. The van der Waals surface area contributed by atoms with E-state index in [1.54, 1.807) is 0 Å². The number of nitrogens with zero attached hydrogens (tertiary/aromatic N) is 4. The van der Waals surface area contributed by atoms with Crippen LogP contribution in [0.5, 0.6) is 0 Å². The zero-order valence-corrected chi connectivity index (χ0v) is 20.6. The maximum absolute atomic E-state index is 4.91. The van der Waals surface area contributed by atoms with Crippen molar-refractivity contribution in [3.05, 3.63) is 22.4 Å². The van der Waals surface area contributed by atoms with E-state index in [1.807, 2.05) is 11.3 Å². The van der Waals surface area contributed by atoms with Gasteiger partial charge in [-0.1, -0.05) is 19.9 Å². The van der Waals surface area contributed by atoms with Crippen LogP contribution in [0.3, 0.4) is 0 Å². The molecule has 1 fully saturated rings. The summed E-state index contributed by atoms with van der Waals surface area (Å²) < 4.78 is 0. The molecule has 0 aliphatic carbocycles. The Balaban J connectivity index is 0.00000364. The molecule has 1 aromatic heterocycles. The van der Waals surface area contributed by atoms with Gasteiger partial charge in [0.1, 0.15) is 0 Å². The van der Waals surface area contributed by atoms with Crippen LogP contribution >= 0.6 is 35.3 Å². The highest BCUT2D eigenvalue weighted by Crippen LogP contribution is 2.10. The molecule has 1 aliphatic rings. The Morgan fingerprint density at radius 1 is 1.26 bits per heavy atom. The van der Waals surface area contributed by atoms with E-state index in [-0.39, 0.29) is 24.0 Å². The van der Waals surface area contributed by atoms with Crippen LogP contribution in [0.1, 0.15) is 25.6 Å². The first-order valence-electron chi connectivity index (χ1n) is 10.1. The number of likely N-dealkylation sites (N-methyl/N-ethyl adjacent to an activating group) is 2. The average molecular weight is 508 g/mol. The minimum Gasteiger partial charge on any atom is -0.357 e. The van der Waals surface area contributed by atoms with Crippen LogP contribution in [0.15, 0.2) is 22.5 Å². The second-order valence-corrected chi connectivity index (χ2v) is 8.32. The van der Waals surface area contributed by atoms with Gasteiger partial charge in [-0.25, -0.2) is 0 Å². The molecule has 1 N–H and O–H groups in total. The summed E-state index contributed by atoms with van der Waals surface area (Å²) in [7, 11) is 2.14. The lowest BCUT2D eigenvalue weighted by Crippen LogP contribution is -2.47. The smallest absolute Gasteiger partial charge is 0.193 e. The number of guanidine groups is 1. The molecule has 2 rings (SSSR count). The van der Waals surface area contributed by atoms with Crippen molar-refractivity contribution in [1.29, 1.82) is 0 Å². The van der Waals surface area contributed by atoms with Gasteiger partial charge in [-0.15, -0.1) is 35.3 Å². The Hall–Kier alpha value is -0.380. The van der Waals surface area contributed by atoms with Gasteiger partial charge in [0.25, 0.3) is 0 Å². The van der Waals surface area contributed by atoms with Crippen molar-refractivity contribution in [2.75, 3.05) is 66.0 Å². The van der Waals surface area contributed by atoms with Gasteiger partial charge in [-0.3, -0.25) is 4.99 Å². The van der Waals surface area contributed by atoms with E-state index in [4.69, 9.17) is 4.99 Å². The number of hydrogen-bond donors (Lipinski definition) is 1. The van der Waals surface area contributed by atoms with Gasteiger partial charge in [0, 0.05) is 64.3 Å². The van der Waals surface area contributed by atoms with Crippen LogP contribution < -0.4 is 5.32 Å². The highest BCUT2D eigenvalue weighted by atomic mass is 127. The fourth-order valence-corrected chi connectivity index (χ4v) is 4.04. The van der Waals surface area contributed by atoms with E-state index in [0.29, 0.717) is 5.92 Å². The predicted molar refractivity (Wildman–Crippen MR) is 130 cm³/mol. The van der Waals surface area contributed by atoms with Gasteiger partial charge in [0.05, 0.1) is 0 Å². The Bertz CT molecular complexity index is 514. The van der Waals surface area contributed by atoms with Gasteiger partial charge in [0.2, 0.25) is 0 Å². The fourth-order valence-electron chi connectivity index (χ4n) is 3.34. The SMILES string of the molecule is CCNC(=NCC(C)CN1CCN(CC)CC1)N(C)CCc1cccs1.I. The summed E-state index contributed by atoms with van der Waals surface area (Å²) in [6.07, 6.45) is 1.08. The Kier molecular flexibility index (Phi) is 12.5. The Labute approximate surface area is 187 Å². The number of aliphatic imine (C=N–C) groups is 1. The molecule has 0 saturated carbocycles. The number of halogens is 1. The molecule has 156 valence electrons. The number of rotatable bonds is 9. The molecule has 1 atom stereocenters. The molecule has 0 bridgehead atoms. The molecule has 5 nitrogen and oxygen atoms in total. The summed E-state index contributed by atoms with van der Waals surface area (Å²) in [6, 6.07) is 4.34. The van der Waals surface area contributed by atoms with E-state index in [0.717, 1.165) is 38.6 Å². The molecule has 1 saturated heterocycles. The van der Waals surface area contributed by atoms with Crippen molar-refractivity contribution in [2.24, 2.45) is 10.9 Å². The predicted octanol–water partition coefficient (Wildman–Crippen LogP) is 3.08. The van der Waals surface area contributed by atoms with E-state index < -0.39 is 0 Å². The third-order valence-corrected chi connectivity index (χ3v) is 5.94. The number of hydrogen-bond acceptors (Lipinski definition) is 4. The first-order chi connectivity index (χ1) is 12.6. The van der Waals surface area contributed by atoms with Gasteiger partial charge in [0.15, 0.2) is 5.96 Å². The molecule has 27 heavy (non-hydrogen) atoms. The standard InChI is InChI=1S/C20H37N5S.HI/c1-5-21-20(23(4)10-9-19-8-7-15-26-19)22-16-18(3)17-25-13-11-24(6-2)12-14-25;/h7-8,15,18H,5-6,9-14,16-17H2,1-4H3,(H,21,22);1H. The number of piperazine rings is 1. The van der Waals surface area contributed by atoms with Gasteiger partial charge in [-0.05, 0) is 37.3 Å². The quantitative estimate of drug-likeness (QED) is 0.317. The van der Waals surface area contributed by atoms with E-state index >= 15 is 0 Å². The molecular weight excluding hydrogens is 469 g/mol. The second kappa shape index (κ2) is 13.7. The summed E-state index contributed by atoms with van der Waals surface area (Å²) >= 11 is 1.83. The third kappa shape index (κ3) is 9.11. The fraction of sp³-hybridized carbons (Fsp3) is 0.750. The minimum atomic E-state index is 0. The molecule has 0 amide bonds. The zero-order valence-electron chi connectivity index (χ0n) is 17.5. The normalized spacial score (nSPS) is 17.4. The summed E-state index contributed by atoms with van der Waals surface area (Å²) in [6.45, 7) is 16.7. The molecule has 0 aromatic carbocycles. The van der Waals surface area contributed by atoms with Crippen LogP contribution in [-0.2, 0) is 6.42 Å². The van der Waals surface area contributed by atoms with Crippen molar-refractivity contribution >= 4 is 41.3 Å². The van der Waals surface area contributed by atoms with Gasteiger partial charge in [-0.2, -0.15) is 0 Å². The van der Waals surface area contributed by atoms with E-state index in [2.05, 4.69) is 65.3 Å². The summed E-state index contributed by atoms with van der Waals surface area (Å²) in [5.41, 5.74) is 0. The van der Waals surface area contributed by atoms with Crippen molar-refractivity contribution in [3.63, 3.8) is 0 Å². The van der Waals surface area contributed by atoms with Crippen molar-refractivity contribution in [3.8, 4) is 0 Å². The monoisotopic (exact) mass is 507 g/mol. The molecule has 0 spiro atoms. The zero-order chi connectivity index (χ0) is 18.8. The topological polar surface area (TPSA) is 34.1 Å². The highest BCUT2D eigenvalue weighted by Gasteiger charge is 2.17. The first kappa shape index (κ1) is 24.7. The maximum Gasteiger partial charge on any atom is 0.193 e. The lowest BCUT2D eigenvalue weighted by Gasteiger charge is -2.35. The van der Waals surface area contributed by atoms with Crippen LogP contribution in [0, 0.1) is 5.92 Å². The van der Waals surface area contributed by atoms with Crippen LogP contribution in [0.25, 0.3) is 0 Å². The second-order valence-electron chi connectivity index (χ2n) is 7.29. The highest BCUT2D eigenvalue weighted by molar-refractivity contribution is 14.0. The summed E-state index contributed by atoms with van der Waals surface area (Å²) in [5.74, 6) is 1.62. The van der Waals surface area contributed by atoms with Crippen LogP contribution in [-0.4, -0.2) is 86.6 Å². The summed E-state index contributed by atoms with van der Waals surface area (Å²) in [4.78, 5) is 13.7. The van der Waals surface area contributed by atoms with Crippen LogP contribution in [0.2, 0.25) is 0 Å². The van der Waals surface area contributed by atoms with Gasteiger partial charge >= 0.3 is 0 Å². The van der Waals surface area contributed by atoms with Crippen molar-refractivity contribution in [1.82, 2.24) is 20.0 Å². The van der Waals surface area contributed by atoms with Crippen LogP contribution in [0.4, 0.5) is 0 Å². The molecular formula is C20H38IN5S. The lowest BCUT2D eigenvalue weighted by atomic mass is 10.1. The van der Waals surface area contributed by atoms with Crippen molar-refractivity contribution < 1.29 is 0 Å². The number of thiophene rings is 1. The number of nitrogens with one attached hydrogen (secondary N) is 1. The lowest BCUT2D eigenvalue weighted by molar-refractivity contribution is 0.125. The largest absolute Gasteiger partial charge is 0.357 e. The molecule has 1 aliphatic heterocycles. The Morgan fingerprint density at radius 2 is 1.96 bits per heavy atom. The Morgan fingerprint density at radius 3 is 2.56 bits per heavy atom. The van der Waals surface area contributed by atoms with E-state index in [1.165, 1.54) is 37.6 Å². The maximum atomic E-state index is 4.91. The third-order valence-electron chi connectivity index (χ3n) is 5.00. The molecule has 1 aromatic rings. The first-order valence-corrected chi connectivity index (χ1v) is 11.0. The minimum absolute atomic E-state index is 0. The average Bonchev–Trinajstić information content (AvgIpc) is 3.17. The molecule has 1 unspecified atom stereocenters. The van der Waals surface area contributed by atoms with Crippen molar-refractivity contribution in [2.45, 2.75) is 27.2 Å². The molecule has 2 heterocycles. The summed E-state index contributed by atoms with van der Waals surface area (Å²) in [5, 5.41) is 5.59.